The number of nitrogens with zero attached hydrogens (tertiary/aromatic N) is 2. The Kier molecular flexibility index (Phi) is 4.69. The third kappa shape index (κ3) is 3.34. The van der Waals surface area contributed by atoms with E-state index in [4.69, 9.17) is 14.2 Å². The predicted molar refractivity (Wildman–Crippen MR) is 90.3 cm³/mol. The maximum Gasteiger partial charge on any atom is 0.308 e. The van der Waals surface area contributed by atoms with Crippen molar-refractivity contribution in [2.24, 2.45) is 5.92 Å². The minimum atomic E-state index is -0.880. The lowest BCUT2D eigenvalue weighted by molar-refractivity contribution is -0.142. The zero-order valence-corrected chi connectivity index (χ0v) is 14.4. The number of hydrogen-bond acceptors (Lipinski definition) is 6. The van der Waals surface area contributed by atoms with Crippen LogP contribution in [0.2, 0.25) is 0 Å². The summed E-state index contributed by atoms with van der Waals surface area (Å²) >= 11 is 0. The lowest BCUT2D eigenvalue weighted by atomic mass is 9.89. The molecule has 2 fully saturated rings. The smallest absolute Gasteiger partial charge is 0.308 e. The highest BCUT2D eigenvalue weighted by molar-refractivity contribution is 5.81. The van der Waals surface area contributed by atoms with Gasteiger partial charge in [0.15, 0.2) is 11.5 Å². The molecule has 2 atom stereocenters. The molecule has 3 aliphatic heterocycles. The summed E-state index contributed by atoms with van der Waals surface area (Å²) in [7, 11) is 0. The van der Waals surface area contributed by atoms with Crippen LogP contribution >= 0.6 is 0 Å². The quantitative estimate of drug-likeness (QED) is 0.828. The number of carbonyl (C=O) groups is 2. The summed E-state index contributed by atoms with van der Waals surface area (Å²) in [5.41, 5.74) is 0.864. The standard InChI is InChI=1S/C18H22N2O6/c21-17(10-19-3-5-24-6-4-19)20-8-13(14(9-20)18(22)23)12-1-2-15-16(7-12)26-11-25-15/h1-2,7,13-14H,3-6,8-11H2,(H,22,23)/t13-,14+/m0/s1. The highest BCUT2D eigenvalue weighted by Gasteiger charge is 2.41. The second-order valence-corrected chi connectivity index (χ2v) is 6.85. The summed E-state index contributed by atoms with van der Waals surface area (Å²) in [6.07, 6.45) is 0. The molecule has 0 spiro atoms. The van der Waals surface area contributed by atoms with E-state index in [1.165, 1.54) is 0 Å². The Morgan fingerprint density at radius 3 is 2.65 bits per heavy atom. The summed E-state index contributed by atoms with van der Waals surface area (Å²) in [5, 5.41) is 9.64. The van der Waals surface area contributed by atoms with Crippen LogP contribution in [0, 0.1) is 5.92 Å². The van der Waals surface area contributed by atoms with Crippen LogP contribution in [0.1, 0.15) is 11.5 Å². The summed E-state index contributed by atoms with van der Waals surface area (Å²) in [4.78, 5) is 28.1. The van der Waals surface area contributed by atoms with E-state index in [1.807, 2.05) is 12.1 Å². The SMILES string of the molecule is O=C(O)[C@@H]1CN(C(=O)CN2CCOCC2)C[C@H]1c1ccc2c(c1)OCO2. The predicted octanol–water partition coefficient (Wildman–Crippen LogP) is 0.374. The van der Waals surface area contributed by atoms with Crippen LogP contribution in [0.15, 0.2) is 18.2 Å². The molecule has 3 aliphatic rings. The molecule has 1 N–H and O–H groups in total. The number of rotatable bonds is 4. The van der Waals surface area contributed by atoms with Crippen molar-refractivity contribution < 1.29 is 28.9 Å². The number of morpholine rings is 1. The van der Waals surface area contributed by atoms with Crippen molar-refractivity contribution >= 4 is 11.9 Å². The molecule has 1 aromatic rings. The van der Waals surface area contributed by atoms with E-state index in [9.17, 15) is 14.7 Å². The molecule has 4 rings (SSSR count). The van der Waals surface area contributed by atoms with Crippen LogP contribution in [-0.4, -0.2) is 79.5 Å². The maximum absolute atomic E-state index is 12.7. The van der Waals surface area contributed by atoms with Gasteiger partial charge in [-0.2, -0.15) is 0 Å². The van der Waals surface area contributed by atoms with Crippen molar-refractivity contribution in [1.82, 2.24) is 9.80 Å². The average molecular weight is 362 g/mol. The van der Waals surface area contributed by atoms with Gasteiger partial charge in [-0.3, -0.25) is 14.5 Å². The Hall–Kier alpha value is -2.32. The first-order valence-electron chi connectivity index (χ1n) is 8.82. The molecule has 1 amide bonds. The van der Waals surface area contributed by atoms with Crippen molar-refractivity contribution in [3.63, 3.8) is 0 Å². The third-order valence-corrected chi connectivity index (χ3v) is 5.28. The minimum Gasteiger partial charge on any atom is -0.481 e. The van der Waals surface area contributed by atoms with E-state index in [0.717, 1.165) is 18.7 Å². The van der Waals surface area contributed by atoms with E-state index < -0.39 is 11.9 Å². The highest BCUT2D eigenvalue weighted by atomic mass is 16.7. The van der Waals surface area contributed by atoms with Crippen molar-refractivity contribution in [2.45, 2.75) is 5.92 Å². The molecule has 140 valence electrons. The van der Waals surface area contributed by atoms with Crippen molar-refractivity contribution in [3.05, 3.63) is 23.8 Å². The second-order valence-electron chi connectivity index (χ2n) is 6.85. The molecule has 0 unspecified atom stereocenters. The van der Waals surface area contributed by atoms with Gasteiger partial charge in [0.1, 0.15) is 0 Å². The molecule has 0 saturated carbocycles. The monoisotopic (exact) mass is 362 g/mol. The summed E-state index contributed by atoms with van der Waals surface area (Å²) in [6.45, 7) is 3.84. The van der Waals surface area contributed by atoms with Crippen LogP contribution in [0.5, 0.6) is 11.5 Å². The highest BCUT2D eigenvalue weighted by Crippen LogP contribution is 2.39. The van der Waals surface area contributed by atoms with Crippen LogP contribution in [0.3, 0.4) is 0 Å². The van der Waals surface area contributed by atoms with E-state index in [2.05, 4.69) is 4.90 Å². The number of amides is 1. The Balaban J connectivity index is 1.48. The fraction of sp³-hybridized carbons (Fsp3) is 0.556. The van der Waals surface area contributed by atoms with Gasteiger partial charge in [-0.1, -0.05) is 6.07 Å². The van der Waals surface area contributed by atoms with E-state index in [0.29, 0.717) is 37.8 Å². The van der Waals surface area contributed by atoms with Gasteiger partial charge in [0.05, 0.1) is 25.7 Å². The number of carboxylic acids is 1. The molecule has 3 heterocycles. The fourth-order valence-corrected chi connectivity index (χ4v) is 3.79. The molecule has 2 saturated heterocycles. The van der Waals surface area contributed by atoms with Gasteiger partial charge >= 0.3 is 5.97 Å². The van der Waals surface area contributed by atoms with Crippen molar-refractivity contribution in [3.8, 4) is 11.5 Å². The van der Waals surface area contributed by atoms with Crippen LogP contribution < -0.4 is 9.47 Å². The summed E-state index contributed by atoms with van der Waals surface area (Å²) < 4.78 is 16.0. The van der Waals surface area contributed by atoms with E-state index >= 15 is 0 Å². The number of carboxylic acid groups (broad SMARTS) is 1. The summed E-state index contributed by atoms with van der Waals surface area (Å²) in [5.74, 6) is -0.487. The Bertz CT molecular complexity index is 703. The van der Waals surface area contributed by atoms with Gasteiger partial charge in [0.25, 0.3) is 0 Å². The number of likely N-dealkylation sites (tertiary alicyclic amines) is 1. The lowest BCUT2D eigenvalue weighted by Crippen LogP contribution is -2.44. The van der Waals surface area contributed by atoms with E-state index in [-0.39, 0.29) is 25.2 Å². The number of aliphatic carboxylic acids is 1. The zero-order chi connectivity index (χ0) is 18.1. The topological polar surface area (TPSA) is 88.5 Å². The molecule has 0 aliphatic carbocycles. The molecule has 1 aromatic carbocycles. The normalized spacial score (nSPS) is 25.5. The van der Waals surface area contributed by atoms with Crippen LogP contribution in [0.4, 0.5) is 0 Å². The maximum atomic E-state index is 12.7. The number of ether oxygens (including phenoxy) is 3. The molecule has 8 nitrogen and oxygen atoms in total. The fourth-order valence-electron chi connectivity index (χ4n) is 3.79. The zero-order valence-electron chi connectivity index (χ0n) is 14.4. The van der Waals surface area contributed by atoms with Gasteiger partial charge in [0.2, 0.25) is 12.7 Å². The second kappa shape index (κ2) is 7.13. The first-order valence-corrected chi connectivity index (χ1v) is 8.82. The minimum absolute atomic E-state index is 0.0265. The Morgan fingerprint density at radius 1 is 1.12 bits per heavy atom. The molecular formula is C18H22N2O6. The lowest BCUT2D eigenvalue weighted by Gasteiger charge is -2.28. The molecule has 0 radical (unpaired) electrons. The Morgan fingerprint density at radius 2 is 1.88 bits per heavy atom. The first kappa shape index (κ1) is 17.1. The van der Waals surface area contributed by atoms with Gasteiger partial charge in [-0.15, -0.1) is 0 Å². The van der Waals surface area contributed by atoms with E-state index in [1.54, 1.807) is 11.0 Å². The molecule has 8 heteroatoms. The molecule has 0 bridgehead atoms. The Labute approximate surface area is 151 Å². The molecule has 26 heavy (non-hydrogen) atoms. The van der Waals surface area contributed by atoms with Crippen LogP contribution in [0.25, 0.3) is 0 Å². The van der Waals surface area contributed by atoms with Crippen molar-refractivity contribution in [1.29, 1.82) is 0 Å². The van der Waals surface area contributed by atoms with Gasteiger partial charge in [0, 0.05) is 32.1 Å². The van der Waals surface area contributed by atoms with Crippen molar-refractivity contribution in [2.75, 3.05) is 52.7 Å². The first-order chi connectivity index (χ1) is 12.6. The van der Waals surface area contributed by atoms with Gasteiger partial charge in [-0.25, -0.2) is 0 Å². The number of carbonyl (C=O) groups excluding carboxylic acids is 1. The third-order valence-electron chi connectivity index (χ3n) is 5.28. The summed E-state index contributed by atoms with van der Waals surface area (Å²) in [6, 6.07) is 5.50. The largest absolute Gasteiger partial charge is 0.481 e. The number of fused-ring (bicyclic) bond motifs is 1. The molecular weight excluding hydrogens is 340 g/mol. The average Bonchev–Trinajstić information content (AvgIpc) is 3.29. The molecule has 0 aromatic heterocycles. The number of hydrogen-bond donors (Lipinski definition) is 1. The van der Waals surface area contributed by atoms with Gasteiger partial charge < -0.3 is 24.2 Å². The number of benzene rings is 1. The van der Waals surface area contributed by atoms with Gasteiger partial charge in [-0.05, 0) is 17.7 Å². The van der Waals surface area contributed by atoms with Crippen LogP contribution in [-0.2, 0) is 14.3 Å².